The lowest BCUT2D eigenvalue weighted by Crippen LogP contribution is -2.10. The van der Waals surface area contributed by atoms with Gasteiger partial charge in [-0.25, -0.2) is 0 Å². The molecule has 1 fully saturated rings. The lowest BCUT2D eigenvalue weighted by molar-refractivity contribution is 0.242. The van der Waals surface area contributed by atoms with Gasteiger partial charge in [0.2, 0.25) is 5.23 Å². The molecule has 0 heterocycles. The van der Waals surface area contributed by atoms with Crippen LogP contribution in [0.25, 0.3) is 0 Å². The first-order valence-corrected chi connectivity index (χ1v) is 6.65. The highest BCUT2D eigenvalue weighted by Crippen LogP contribution is 2.26. The molecule has 0 unspecified atom stereocenters. The van der Waals surface area contributed by atoms with E-state index in [1.807, 2.05) is 6.92 Å². The quantitative estimate of drug-likeness (QED) is 0.573. The lowest BCUT2D eigenvalue weighted by Gasteiger charge is -2.21. The number of hydrogen-bond acceptors (Lipinski definition) is 3. The van der Waals surface area contributed by atoms with Crippen molar-refractivity contribution in [1.82, 2.24) is 0 Å². The fourth-order valence-corrected chi connectivity index (χ4v) is 2.40. The van der Waals surface area contributed by atoms with E-state index in [4.69, 9.17) is 10.1 Å². The van der Waals surface area contributed by atoms with E-state index in [-0.39, 0.29) is 0 Å². The average Bonchev–Trinajstić information content (AvgIpc) is 2.20. The fourth-order valence-electron chi connectivity index (χ4n) is 1.97. The van der Waals surface area contributed by atoms with Gasteiger partial charge in [-0.3, -0.25) is 5.41 Å². The SMILES string of the molecule is CCSC(=N)OCCC1CCCCC1. The molecular weight excluding hydrogens is 194 g/mol. The summed E-state index contributed by atoms with van der Waals surface area (Å²) >= 11 is 1.48. The first-order chi connectivity index (χ1) is 6.83. The second kappa shape index (κ2) is 7.16. The summed E-state index contributed by atoms with van der Waals surface area (Å²) in [4.78, 5) is 0. The van der Waals surface area contributed by atoms with Gasteiger partial charge in [0.05, 0.1) is 6.61 Å². The number of nitrogens with one attached hydrogen (secondary N) is 1. The maximum Gasteiger partial charge on any atom is 0.242 e. The molecular formula is C11H21NOS. The molecule has 0 spiro atoms. The van der Waals surface area contributed by atoms with Gasteiger partial charge in [-0.05, 0) is 18.1 Å². The topological polar surface area (TPSA) is 33.1 Å². The highest BCUT2D eigenvalue weighted by molar-refractivity contribution is 8.13. The summed E-state index contributed by atoms with van der Waals surface area (Å²) in [6, 6.07) is 0. The molecule has 1 saturated carbocycles. The third kappa shape index (κ3) is 4.89. The normalized spacial score (nSPS) is 18.1. The zero-order valence-electron chi connectivity index (χ0n) is 9.05. The van der Waals surface area contributed by atoms with E-state index in [2.05, 4.69) is 0 Å². The number of thioether (sulfide) groups is 1. The maximum atomic E-state index is 7.45. The molecule has 0 saturated heterocycles. The van der Waals surface area contributed by atoms with Gasteiger partial charge in [-0.2, -0.15) is 0 Å². The van der Waals surface area contributed by atoms with Crippen molar-refractivity contribution in [2.75, 3.05) is 12.4 Å². The summed E-state index contributed by atoms with van der Waals surface area (Å²) in [5, 5.41) is 7.84. The Bertz CT molecular complexity index is 167. The summed E-state index contributed by atoms with van der Waals surface area (Å²) < 4.78 is 5.33. The van der Waals surface area contributed by atoms with Crippen molar-refractivity contribution in [3.63, 3.8) is 0 Å². The van der Waals surface area contributed by atoms with Gasteiger partial charge < -0.3 is 4.74 Å². The van der Waals surface area contributed by atoms with Crippen molar-refractivity contribution in [3.05, 3.63) is 0 Å². The number of rotatable bonds is 4. The Morgan fingerprint density at radius 3 is 2.71 bits per heavy atom. The molecule has 0 aromatic carbocycles. The zero-order valence-corrected chi connectivity index (χ0v) is 9.87. The molecule has 0 atom stereocenters. The Kier molecular flexibility index (Phi) is 6.08. The zero-order chi connectivity index (χ0) is 10.2. The van der Waals surface area contributed by atoms with E-state index in [0.29, 0.717) is 5.23 Å². The van der Waals surface area contributed by atoms with Crippen LogP contribution in [0.3, 0.4) is 0 Å². The molecule has 0 radical (unpaired) electrons. The molecule has 1 N–H and O–H groups in total. The second-order valence-electron chi connectivity index (χ2n) is 3.86. The van der Waals surface area contributed by atoms with Crippen molar-refractivity contribution in [3.8, 4) is 0 Å². The standard InChI is InChI=1S/C11H21NOS/c1-2-14-11(12)13-9-8-10-6-4-3-5-7-10/h10,12H,2-9H2,1H3. The first kappa shape index (κ1) is 11.9. The predicted octanol–water partition coefficient (Wildman–Crippen LogP) is 3.66. The fraction of sp³-hybridized carbons (Fsp3) is 0.909. The average molecular weight is 215 g/mol. The largest absolute Gasteiger partial charge is 0.473 e. The summed E-state index contributed by atoms with van der Waals surface area (Å²) in [5.41, 5.74) is 0. The summed E-state index contributed by atoms with van der Waals surface area (Å²) in [5.74, 6) is 1.80. The van der Waals surface area contributed by atoms with Gasteiger partial charge in [-0.15, -0.1) is 0 Å². The number of hydrogen-bond donors (Lipinski definition) is 1. The van der Waals surface area contributed by atoms with Crippen molar-refractivity contribution < 1.29 is 4.74 Å². The van der Waals surface area contributed by atoms with E-state index >= 15 is 0 Å². The minimum Gasteiger partial charge on any atom is -0.473 e. The molecule has 3 heteroatoms. The highest BCUT2D eigenvalue weighted by Gasteiger charge is 2.13. The minimum atomic E-state index is 0.392. The lowest BCUT2D eigenvalue weighted by atomic mass is 9.87. The Morgan fingerprint density at radius 2 is 2.07 bits per heavy atom. The predicted molar refractivity (Wildman–Crippen MR) is 63.0 cm³/mol. The van der Waals surface area contributed by atoms with Gasteiger partial charge in [0.1, 0.15) is 0 Å². The molecule has 1 aliphatic carbocycles. The van der Waals surface area contributed by atoms with Gasteiger partial charge in [0.15, 0.2) is 0 Å². The van der Waals surface area contributed by atoms with Crippen molar-refractivity contribution >= 4 is 17.0 Å². The Hall–Kier alpha value is -0.180. The third-order valence-electron chi connectivity index (χ3n) is 2.76. The van der Waals surface area contributed by atoms with Gasteiger partial charge in [0, 0.05) is 0 Å². The summed E-state index contributed by atoms with van der Waals surface area (Å²) in [6.45, 7) is 2.79. The van der Waals surface area contributed by atoms with Crippen LogP contribution in [0.5, 0.6) is 0 Å². The van der Waals surface area contributed by atoms with Gasteiger partial charge >= 0.3 is 0 Å². The molecule has 1 rings (SSSR count). The van der Waals surface area contributed by atoms with Gasteiger partial charge in [-0.1, -0.05) is 50.8 Å². The molecule has 0 aromatic heterocycles. The summed E-state index contributed by atoms with van der Waals surface area (Å²) in [6.07, 6.45) is 8.10. The number of ether oxygens (including phenoxy) is 1. The van der Waals surface area contributed by atoms with Crippen molar-refractivity contribution in [1.29, 1.82) is 5.41 Å². The molecule has 0 amide bonds. The van der Waals surface area contributed by atoms with E-state index < -0.39 is 0 Å². The Labute approximate surface area is 91.3 Å². The summed E-state index contributed by atoms with van der Waals surface area (Å²) in [7, 11) is 0. The molecule has 0 aliphatic heterocycles. The van der Waals surface area contributed by atoms with Crippen LogP contribution in [0.2, 0.25) is 0 Å². The van der Waals surface area contributed by atoms with Crippen LogP contribution < -0.4 is 0 Å². The van der Waals surface area contributed by atoms with E-state index in [1.165, 1.54) is 43.9 Å². The smallest absolute Gasteiger partial charge is 0.242 e. The van der Waals surface area contributed by atoms with E-state index in [0.717, 1.165) is 24.7 Å². The molecule has 0 aromatic rings. The van der Waals surface area contributed by atoms with Crippen LogP contribution >= 0.6 is 11.8 Å². The third-order valence-corrected chi connectivity index (χ3v) is 3.43. The van der Waals surface area contributed by atoms with Gasteiger partial charge in [0.25, 0.3) is 0 Å². The van der Waals surface area contributed by atoms with Crippen LogP contribution in [0, 0.1) is 11.3 Å². The van der Waals surface area contributed by atoms with E-state index in [9.17, 15) is 0 Å². The molecule has 14 heavy (non-hydrogen) atoms. The van der Waals surface area contributed by atoms with Crippen LogP contribution in [0.15, 0.2) is 0 Å². The van der Waals surface area contributed by atoms with Crippen LogP contribution in [0.1, 0.15) is 45.4 Å². The Balaban J connectivity index is 1.99. The van der Waals surface area contributed by atoms with Crippen LogP contribution in [-0.4, -0.2) is 17.6 Å². The Morgan fingerprint density at radius 1 is 1.36 bits per heavy atom. The highest BCUT2D eigenvalue weighted by atomic mass is 32.2. The molecule has 1 aliphatic rings. The van der Waals surface area contributed by atoms with E-state index in [1.54, 1.807) is 0 Å². The minimum absolute atomic E-state index is 0.392. The molecule has 82 valence electrons. The van der Waals surface area contributed by atoms with Crippen LogP contribution in [0.4, 0.5) is 0 Å². The molecule has 2 nitrogen and oxygen atoms in total. The first-order valence-electron chi connectivity index (χ1n) is 5.67. The molecule has 0 bridgehead atoms. The monoisotopic (exact) mass is 215 g/mol. The maximum absolute atomic E-state index is 7.45. The van der Waals surface area contributed by atoms with Crippen molar-refractivity contribution in [2.45, 2.75) is 45.4 Å². The van der Waals surface area contributed by atoms with Crippen molar-refractivity contribution in [2.24, 2.45) is 5.92 Å². The van der Waals surface area contributed by atoms with Crippen LogP contribution in [-0.2, 0) is 4.74 Å². The second-order valence-corrected chi connectivity index (χ2v) is 5.10.